The Bertz CT molecular complexity index is 749. The first kappa shape index (κ1) is 16.7. The SMILES string of the molecule is O=C(CN1CCCc2cc(F)c(F)cc21)NCc1ccc(Cl)cc1. The normalized spacial score (nSPS) is 13.5. The van der Waals surface area contributed by atoms with E-state index in [-0.39, 0.29) is 12.5 Å². The number of nitrogens with one attached hydrogen (secondary N) is 1. The molecular formula is C18H17ClF2N2O. The van der Waals surface area contributed by atoms with E-state index >= 15 is 0 Å². The Balaban J connectivity index is 1.63. The van der Waals surface area contributed by atoms with Crippen molar-refractivity contribution in [3.63, 3.8) is 0 Å². The molecule has 1 aliphatic rings. The van der Waals surface area contributed by atoms with Crippen LogP contribution in [-0.2, 0) is 17.8 Å². The molecular weight excluding hydrogens is 334 g/mol. The number of nitrogens with zero attached hydrogens (tertiary/aromatic N) is 1. The fraction of sp³-hybridized carbons (Fsp3) is 0.278. The van der Waals surface area contributed by atoms with Crippen molar-refractivity contribution in [3.8, 4) is 0 Å². The number of anilines is 1. The van der Waals surface area contributed by atoms with Crippen LogP contribution in [0.2, 0.25) is 5.02 Å². The fourth-order valence-corrected chi connectivity index (χ4v) is 2.98. The van der Waals surface area contributed by atoms with E-state index < -0.39 is 11.6 Å². The Morgan fingerprint density at radius 2 is 1.88 bits per heavy atom. The molecule has 0 spiro atoms. The van der Waals surface area contributed by atoms with Gasteiger partial charge in [-0.15, -0.1) is 0 Å². The van der Waals surface area contributed by atoms with E-state index in [9.17, 15) is 13.6 Å². The quantitative estimate of drug-likeness (QED) is 0.912. The van der Waals surface area contributed by atoms with Gasteiger partial charge >= 0.3 is 0 Å². The highest BCUT2D eigenvalue weighted by Gasteiger charge is 2.21. The Kier molecular flexibility index (Phi) is 5.00. The number of aryl methyl sites for hydroxylation is 1. The molecule has 0 aliphatic carbocycles. The second-order valence-electron chi connectivity index (χ2n) is 5.82. The van der Waals surface area contributed by atoms with Crippen LogP contribution >= 0.6 is 11.6 Å². The van der Waals surface area contributed by atoms with Gasteiger partial charge in [0.1, 0.15) is 0 Å². The summed E-state index contributed by atoms with van der Waals surface area (Å²) < 4.78 is 26.9. The van der Waals surface area contributed by atoms with Crippen LogP contribution in [0.1, 0.15) is 17.5 Å². The number of benzene rings is 2. The summed E-state index contributed by atoms with van der Waals surface area (Å²) in [6.07, 6.45) is 1.50. The third-order valence-corrected chi connectivity index (χ3v) is 4.33. The summed E-state index contributed by atoms with van der Waals surface area (Å²) in [6, 6.07) is 9.62. The van der Waals surface area contributed by atoms with E-state index in [0.717, 1.165) is 17.5 Å². The molecule has 126 valence electrons. The summed E-state index contributed by atoms with van der Waals surface area (Å²) in [4.78, 5) is 14.0. The van der Waals surface area contributed by atoms with Gasteiger partial charge in [-0.05, 0) is 42.2 Å². The van der Waals surface area contributed by atoms with Gasteiger partial charge in [-0.1, -0.05) is 23.7 Å². The summed E-state index contributed by atoms with van der Waals surface area (Å²) in [5, 5.41) is 3.47. The van der Waals surface area contributed by atoms with Gasteiger partial charge in [0.05, 0.1) is 6.54 Å². The molecule has 3 nitrogen and oxygen atoms in total. The predicted octanol–water partition coefficient (Wildman–Crippen LogP) is 3.69. The largest absolute Gasteiger partial charge is 0.362 e. The average molecular weight is 351 g/mol. The van der Waals surface area contributed by atoms with Crippen LogP contribution in [-0.4, -0.2) is 19.0 Å². The van der Waals surface area contributed by atoms with Gasteiger partial charge in [0, 0.05) is 29.9 Å². The van der Waals surface area contributed by atoms with Gasteiger partial charge in [0.15, 0.2) is 11.6 Å². The van der Waals surface area contributed by atoms with Crippen molar-refractivity contribution >= 4 is 23.2 Å². The lowest BCUT2D eigenvalue weighted by molar-refractivity contribution is -0.119. The molecule has 0 unspecified atom stereocenters. The molecule has 3 rings (SSSR count). The average Bonchev–Trinajstić information content (AvgIpc) is 2.56. The molecule has 1 amide bonds. The maximum atomic E-state index is 13.5. The Morgan fingerprint density at radius 1 is 1.17 bits per heavy atom. The zero-order valence-electron chi connectivity index (χ0n) is 13.0. The van der Waals surface area contributed by atoms with Crippen molar-refractivity contribution < 1.29 is 13.6 Å². The fourth-order valence-electron chi connectivity index (χ4n) is 2.85. The van der Waals surface area contributed by atoms with Gasteiger partial charge in [0.2, 0.25) is 5.91 Å². The molecule has 24 heavy (non-hydrogen) atoms. The van der Waals surface area contributed by atoms with Gasteiger partial charge in [-0.25, -0.2) is 8.78 Å². The van der Waals surface area contributed by atoms with Crippen molar-refractivity contribution in [2.75, 3.05) is 18.0 Å². The molecule has 6 heteroatoms. The second-order valence-corrected chi connectivity index (χ2v) is 6.26. The number of halogens is 3. The van der Waals surface area contributed by atoms with E-state index in [1.165, 1.54) is 12.1 Å². The van der Waals surface area contributed by atoms with Crippen LogP contribution < -0.4 is 10.2 Å². The zero-order valence-corrected chi connectivity index (χ0v) is 13.7. The number of carbonyl (C=O) groups is 1. The van der Waals surface area contributed by atoms with Crippen molar-refractivity contribution in [1.29, 1.82) is 0 Å². The van der Waals surface area contributed by atoms with Crippen molar-refractivity contribution in [2.45, 2.75) is 19.4 Å². The van der Waals surface area contributed by atoms with Crippen LogP contribution in [0.3, 0.4) is 0 Å². The van der Waals surface area contributed by atoms with E-state index in [1.54, 1.807) is 17.0 Å². The lowest BCUT2D eigenvalue weighted by Crippen LogP contribution is -2.39. The molecule has 0 saturated carbocycles. The van der Waals surface area contributed by atoms with E-state index in [1.807, 2.05) is 12.1 Å². The second kappa shape index (κ2) is 7.18. The molecule has 0 radical (unpaired) electrons. The highest BCUT2D eigenvalue weighted by atomic mass is 35.5. The summed E-state index contributed by atoms with van der Waals surface area (Å²) in [5.74, 6) is -1.90. The minimum Gasteiger partial charge on any atom is -0.362 e. The van der Waals surface area contributed by atoms with Gasteiger partial charge in [0.25, 0.3) is 0 Å². The summed E-state index contributed by atoms with van der Waals surface area (Å²) in [6.45, 7) is 1.16. The molecule has 2 aromatic rings. The Morgan fingerprint density at radius 3 is 2.62 bits per heavy atom. The highest BCUT2D eigenvalue weighted by molar-refractivity contribution is 6.30. The zero-order chi connectivity index (χ0) is 17.1. The minimum atomic E-state index is -0.887. The lowest BCUT2D eigenvalue weighted by Gasteiger charge is -2.30. The smallest absolute Gasteiger partial charge is 0.239 e. The molecule has 1 aliphatic heterocycles. The standard InChI is InChI=1S/C18H17ClF2N2O/c19-14-5-3-12(4-6-14)10-22-18(24)11-23-7-1-2-13-8-15(20)16(21)9-17(13)23/h3-6,8-9H,1-2,7,10-11H2,(H,22,24). The van der Waals surface area contributed by atoms with Gasteiger partial charge < -0.3 is 10.2 Å². The van der Waals surface area contributed by atoms with E-state index in [4.69, 9.17) is 11.6 Å². The molecule has 0 saturated heterocycles. The number of amides is 1. The summed E-state index contributed by atoms with van der Waals surface area (Å²) >= 11 is 5.82. The van der Waals surface area contributed by atoms with E-state index in [0.29, 0.717) is 30.2 Å². The topological polar surface area (TPSA) is 32.3 Å². The van der Waals surface area contributed by atoms with Gasteiger partial charge in [-0.3, -0.25) is 4.79 Å². The first-order valence-corrected chi connectivity index (χ1v) is 8.15. The van der Waals surface area contributed by atoms with Gasteiger partial charge in [-0.2, -0.15) is 0 Å². The van der Waals surface area contributed by atoms with Crippen LogP contribution in [0.5, 0.6) is 0 Å². The molecule has 1 heterocycles. The van der Waals surface area contributed by atoms with Crippen LogP contribution in [0, 0.1) is 11.6 Å². The Labute approximate surface area is 144 Å². The third-order valence-electron chi connectivity index (χ3n) is 4.07. The lowest BCUT2D eigenvalue weighted by atomic mass is 10.0. The Hall–Kier alpha value is -2.14. The molecule has 0 bridgehead atoms. The molecule has 0 fully saturated rings. The van der Waals surface area contributed by atoms with Crippen LogP contribution in [0.25, 0.3) is 0 Å². The third kappa shape index (κ3) is 3.85. The maximum Gasteiger partial charge on any atom is 0.239 e. The minimum absolute atomic E-state index is 0.117. The number of hydrogen-bond donors (Lipinski definition) is 1. The number of carbonyl (C=O) groups excluding carboxylic acids is 1. The van der Waals surface area contributed by atoms with Crippen molar-refractivity contribution in [3.05, 3.63) is 64.2 Å². The molecule has 0 atom stereocenters. The highest BCUT2D eigenvalue weighted by Crippen LogP contribution is 2.29. The number of rotatable bonds is 4. The molecule has 0 aromatic heterocycles. The van der Waals surface area contributed by atoms with Crippen LogP contribution in [0.15, 0.2) is 36.4 Å². The molecule has 1 N–H and O–H groups in total. The van der Waals surface area contributed by atoms with Crippen molar-refractivity contribution in [2.24, 2.45) is 0 Å². The van der Waals surface area contributed by atoms with Crippen LogP contribution in [0.4, 0.5) is 14.5 Å². The number of fused-ring (bicyclic) bond motifs is 1. The maximum absolute atomic E-state index is 13.5. The summed E-state index contributed by atoms with van der Waals surface area (Å²) in [5.41, 5.74) is 2.28. The first-order valence-electron chi connectivity index (χ1n) is 7.77. The molecule has 2 aromatic carbocycles. The predicted molar refractivity (Wildman–Crippen MR) is 90.2 cm³/mol. The summed E-state index contributed by atoms with van der Waals surface area (Å²) in [7, 11) is 0. The monoisotopic (exact) mass is 350 g/mol. The number of hydrogen-bond acceptors (Lipinski definition) is 2. The first-order chi connectivity index (χ1) is 11.5. The van der Waals surface area contributed by atoms with E-state index in [2.05, 4.69) is 5.32 Å². The van der Waals surface area contributed by atoms with Crippen molar-refractivity contribution in [1.82, 2.24) is 5.32 Å².